The van der Waals surface area contributed by atoms with Crippen LogP contribution in [0.5, 0.6) is 5.75 Å². The van der Waals surface area contributed by atoms with E-state index in [9.17, 15) is 16.8 Å². The number of methoxy groups -OCH3 is 1. The summed E-state index contributed by atoms with van der Waals surface area (Å²) in [6.07, 6.45) is 0. The summed E-state index contributed by atoms with van der Waals surface area (Å²) in [6, 6.07) is 3.96. The van der Waals surface area contributed by atoms with Crippen molar-refractivity contribution >= 4 is 25.9 Å². The quantitative estimate of drug-likeness (QED) is 0.782. The van der Waals surface area contributed by atoms with Crippen LogP contribution in [0.3, 0.4) is 0 Å². The van der Waals surface area contributed by atoms with Crippen LogP contribution in [-0.2, 0) is 20.2 Å². The number of hydrogen-bond donors (Lipinski definition) is 2. The van der Waals surface area contributed by atoms with Crippen LogP contribution in [0, 0.1) is 0 Å². The molecule has 0 spiro atoms. The first-order chi connectivity index (χ1) is 10.3. The van der Waals surface area contributed by atoms with Crippen molar-refractivity contribution < 1.29 is 21.6 Å². The van der Waals surface area contributed by atoms with E-state index in [0.29, 0.717) is 0 Å². The minimum Gasteiger partial charge on any atom is -0.495 e. The average Bonchev–Trinajstić information content (AvgIpc) is 2.35. The van der Waals surface area contributed by atoms with Gasteiger partial charge in [-0.3, -0.25) is 4.72 Å². The molecule has 0 fully saturated rings. The van der Waals surface area contributed by atoms with E-state index in [2.05, 4.69) is 9.44 Å². The number of anilines is 1. The van der Waals surface area contributed by atoms with Gasteiger partial charge in [-0.05, 0) is 39.0 Å². The smallest absolute Gasteiger partial charge is 0.301 e. The van der Waals surface area contributed by atoms with Crippen LogP contribution >= 0.6 is 0 Å². The molecule has 0 saturated carbocycles. The second-order valence-electron chi connectivity index (χ2n) is 6.11. The standard InChI is InChI=1S/C13H23N3O5S2/c1-13(2,3)15-22(17,18)10-7-8-12(21-6)11(9-10)14-23(19,20)16(4)5/h7-9,14-15H,1-6H3. The van der Waals surface area contributed by atoms with E-state index in [4.69, 9.17) is 4.74 Å². The van der Waals surface area contributed by atoms with Gasteiger partial charge in [0.2, 0.25) is 10.0 Å². The Kier molecular flexibility index (Phi) is 5.68. The lowest BCUT2D eigenvalue weighted by Gasteiger charge is -2.21. The third-order valence-corrected chi connectivity index (χ3v) is 5.84. The van der Waals surface area contributed by atoms with E-state index in [-0.39, 0.29) is 16.3 Å². The molecule has 2 N–H and O–H groups in total. The number of ether oxygens (including phenoxy) is 1. The fourth-order valence-corrected chi connectivity index (χ4v) is 3.69. The summed E-state index contributed by atoms with van der Waals surface area (Å²) in [5, 5.41) is 0. The van der Waals surface area contributed by atoms with Crippen LogP contribution in [0.1, 0.15) is 20.8 Å². The van der Waals surface area contributed by atoms with Crippen molar-refractivity contribution in [2.45, 2.75) is 31.2 Å². The Morgan fingerprint density at radius 1 is 1.09 bits per heavy atom. The fraction of sp³-hybridized carbons (Fsp3) is 0.538. The van der Waals surface area contributed by atoms with Crippen molar-refractivity contribution in [3.8, 4) is 5.75 Å². The summed E-state index contributed by atoms with van der Waals surface area (Å²) < 4.78 is 59.5. The molecule has 0 aliphatic carbocycles. The molecule has 132 valence electrons. The lowest BCUT2D eigenvalue weighted by atomic mass is 10.1. The first kappa shape index (κ1) is 19.7. The number of sulfonamides is 1. The van der Waals surface area contributed by atoms with Gasteiger partial charge in [0.1, 0.15) is 5.75 Å². The Labute approximate surface area is 138 Å². The highest BCUT2D eigenvalue weighted by Gasteiger charge is 2.24. The van der Waals surface area contributed by atoms with Crippen molar-refractivity contribution in [2.75, 3.05) is 25.9 Å². The zero-order chi connectivity index (χ0) is 18.1. The minimum atomic E-state index is -3.80. The molecule has 0 unspecified atom stereocenters. The Balaban J connectivity index is 3.34. The van der Waals surface area contributed by atoms with Gasteiger partial charge in [0.15, 0.2) is 0 Å². The van der Waals surface area contributed by atoms with E-state index in [1.165, 1.54) is 39.4 Å². The lowest BCUT2D eigenvalue weighted by Crippen LogP contribution is -2.40. The molecule has 23 heavy (non-hydrogen) atoms. The largest absolute Gasteiger partial charge is 0.495 e. The predicted molar refractivity (Wildman–Crippen MR) is 89.3 cm³/mol. The Morgan fingerprint density at radius 3 is 2.09 bits per heavy atom. The maximum absolute atomic E-state index is 12.4. The summed E-state index contributed by atoms with van der Waals surface area (Å²) in [6.45, 7) is 5.14. The summed E-state index contributed by atoms with van der Waals surface area (Å²) >= 11 is 0. The summed E-state index contributed by atoms with van der Waals surface area (Å²) in [7, 11) is -3.51. The van der Waals surface area contributed by atoms with Crippen LogP contribution in [0.25, 0.3) is 0 Å². The molecule has 8 nitrogen and oxygen atoms in total. The van der Waals surface area contributed by atoms with Gasteiger partial charge in [0.25, 0.3) is 0 Å². The highest BCUT2D eigenvalue weighted by atomic mass is 32.2. The highest BCUT2D eigenvalue weighted by molar-refractivity contribution is 7.90. The van der Waals surface area contributed by atoms with Crippen LogP contribution in [-0.4, -0.2) is 47.9 Å². The van der Waals surface area contributed by atoms with Crippen molar-refractivity contribution in [2.24, 2.45) is 0 Å². The normalized spacial score (nSPS) is 13.2. The van der Waals surface area contributed by atoms with Gasteiger partial charge in [-0.1, -0.05) is 0 Å². The van der Waals surface area contributed by atoms with E-state index >= 15 is 0 Å². The van der Waals surface area contributed by atoms with Crippen molar-refractivity contribution in [1.29, 1.82) is 0 Å². The van der Waals surface area contributed by atoms with Crippen molar-refractivity contribution in [3.05, 3.63) is 18.2 Å². The Bertz CT molecular complexity index is 765. The van der Waals surface area contributed by atoms with Crippen LogP contribution in [0.15, 0.2) is 23.1 Å². The maximum Gasteiger partial charge on any atom is 0.301 e. The molecule has 10 heteroatoms. The zero-order valence-electron chi connectivity index (χ0n) is 14.0. The topological polar surface area (TPSA) is 105 Å². The molecule has 0 bridgehead atoms. The molecule has 1 aromatic carbocycles. The van der Waals surface area contributed by atoms with Crippen LogP contribution in [0.4, 0.5) is 5.69 Å². The Hall–Kier alpha value is -1.36. The third kappa shape index (κ3) is 5.34. The first-order valence-corrected chi connectivity index (χ1v) is 9.63. The van der Waals surface area contributed by atoms with Crippen LogP contribution in [0.2, 0.25) is 0 Å². The van der Waals surface area contributed by atoms with Crippen LogP contribution < -0.4 is 14.2 Å². The third-order valence-electron chi connectivity index (χ3n) is 2.64. The number of hydrogen-bond acceptors (Lipinski definition) is 5. The molecule has 0 heterocycles. The summed E-state index contributed by atoms with van der Waals surface area (Å²) in [4.78, 5) is -0.0651. The SMILES string of the molecule is COc1ccc(S(=O)(=O)NC(C)(C)C)cc1NS(=O)(=O)N(C)C. The van der Waals surface area contributed by atoms with Gasteiger partial charge in [0, 0.05) is 19.6 Å². The molecular weight excluding hydrogens is 342 g/mol. The highest BCUT2D eigenvalue weighted by Crippen LogP contribution is 2.29. The molecule has 0 saturated heterocycles. The first-order valence-electron chi connectivity index (χ1n) is 6.71. The molecular formula is C13H23N3O5S2. The van der Waals surface area contributed by atoms with Crippen molar-refractivity contribution in [3.63, 3.8) is 0 Å². The van der Waals surface area contributed by atoms with Gasteiger partial charge in [-0.25, -0.2) is 13.1 Å². The van der Waals surface area contributed by atoms with Gasteiger partial charge in [-0.2, -0.15) is 12.7 Å². The zero-order valence-corrected chi connectivity index (χ0v) is 15.7. The van der Waals surface area contributed by atoms with Gasteiger partial charge in [-0.15, -0.1) is 0 Å². The molecule has 0 radical (unpaired) electrons. The van der Waals surface area contributed by atoms with E-state index in [1.807, 2.05) is 0 Å². The fourth-order valence-electron chi connectivity index (χ4n) is 1.63. The molecule has 0 aliphatic rings. The summed E-state index contributed by atoms with van der Waals surface area (Å²) in [5.74, 6) is 0.213. The second-order valence-corrected chi connectivity index (χ2v) is 9.67. The number of rotatable bonds is 6. The number of nitrogens with zero attached hydrogens (tertiary/aromatic N) is 1. The second kappa shape index (κ2) is 6.63. The molecule has 1 aromatic rings. The molecule has 0 aromatic heterocycles. The monoisotopic (exact) mass is 365 g/mol. The van der Waals surface area contributed by atoms with Gasteiger partial charge in [0.05, 0.1) is 17.7 Å². The number of benzene rings is 1. The minimum absolute atomic E-state index is 0.0398. The predicted octanol–water partition coefficient (Wildman–Crippen LogP) is 0.990. The maximum atomic E-state index is 12.4. The van der Waals surface area contributed by atoms with E-state index in [0.717, 1.165) is 4.31 Å². The lowest BCUT2D eigenvalue weighted by molar-refractivity contribution is 0.416. The van der Waals surface area contributed by atoms with E-state index in [1.54, 1.807) is 20.8 Å². The number of nitrogens with one attached hydrogen (secondary N) is 2. The molecule has 0 aliphatic heterocycles. The van der Waals surface area contributed by atoms with Gasteiger partial charge < -0.3 is 4.74 Å². The Morgan fingerprint density at radius 2 is 1.65 bits per heavy atom. The van der Waals surface area contributed by atoms with E-state index < -0.39 is 25.8 Å². The molecule has 1 rings (SSSR count). The average molecular weight is 365 g/mol. The van der Waals surface area contributed by atoms with Crippen molar-refractivity contribution in [1.82, 2.24) is 9.03 Å². The van der Waals surface area contributed by atoms with Gasteiger partial charge >= 0.3 is 10.2 Å². The summed E-state index contributed by atoms with van der Waals surface area (Å²) in [5.41, 5.74) is -0.625. The molecule has 0 amide bonds. The molecule has 0 atom stereocenters.